The van der Waals surface area contributed by atoms with Crippen LogP contribution in [0.5, 0.6) is 0 Å². The average Bonchev–Trinajstić information content (AvgIpc) is 3.07. The SMILES string of the molecule is CNc1cc(-c2nc3nc(C(=O)C(C)(C)C)ccc3[nH]2)n(C)c1. The molecule has 3 aromatic rings. The van der Waals surface area contributed by atoms with E-state index in [2.05, 4.69) is 20.3 Å². The summed E-state index contributed by atoms with van der Waals surface area (Å²) < 4.78 is 1.99. The van der Waals surface area contributed by atoms with Crippen molar-refractivity contribution in [2.45, 2.75) is 20.8 Å². The summed E-state index contributed by atoms with van der Waals surface area (Å²) in [7, 11) is 3.84. The lowest BCUT2D eigenvalue weighted by molar-refractivity contribution is 0.0853. The number of nitrogens with one attached hydrogen (secondary N) is 2. The highest BCUT2D eigenvalue weighted by Gasteiger charge is 2.24. The summed E-state index contributed by atoms with van der Waals surface area (Å²) in [4.78, 5) is 24.6. The summed E-state index contributed by atoms with van der Waals surface area (Å²) in [6, 6.07) is 5.63. The Labute approximate surface area is 135 Å². The normalized spacial score (nSPS) is 11.9. The van der Waals surface area contributed by atoms with Crippen molar-refractivity contribution in [2.75, 3.05) is 12.4 Å². The molecule has 0 atom stereocenters. The highest BCUT2D eigenvalue weighted by molar-refractivity contribution is 5.99. The van der Waals surface area contributed by atoms with Crippen molar-refractivity contribution in [1.82, 2.24) is 19.5 Å². The highest BCUT2D eigenvalue weighted by Crippen LogP contribution is 2.25. The van der Waals surface area contributed by atoms with Gasteiger partial charge in [0.25, 0.3) is 0 Å². The number of imidazole rings is 1. The summed E-state index contributed by atoms with van der Waals surface area (Å²) in [6.45, 7) is 5.67. The predicted octanol–water partition coefficient (Wildman–Crippen LogP) is 3.23. The van der Waals surface area contributed by atoms with Crippen molar-refractivity contribution in [3.05, 3.63) is 30.1 Å². The van der Waals surface area contributed by atoms with Gasteiger partial charge in [-0.15, -0.1) is 0 Å². The highest BCUT2D eigenvalue weighted by atomic mass is 16.1. The molecule has 0 unspecified atom stereocenters. The molecule has 3 heterocycles. The van der Waals surface area contributed by atoms with Gasteiger partial charge in [0, 0.05) is 25.7 Å². The van der Waals surface area contributed by atoms with Crippen LogP contribution in [0.25, 0.3) is 22.7 Å². The standard InChI is InChI=1S/C17H21N5O/c1-17(2,3)14(23)11-6-7-12-15(19-11)21-16(20-12)13-8-10(18-4)9-22(13)5/h6-9,18H,1-5H3,(H,19,20,21). The molecular weight excluding hydrogens is 290 g/mol. The zero-order chi connectivity index (χ0) is 16.8. The Kier molecular flexibility index (Phi) is 3.47. The lowest BCUT2D eigenvalue weighted by Gasteiger charge is -2.15. The number of aromatic nitrogens is 4. The minimum atomic E-state index is -0.459. The summed E-state index contributed by atoms with van der Waals surface area (Å²) >= 11 is 0. The Morgan fingerprint density at radius 2 is 2.00 bits per heavy atom. The first-order valence-electron chi connectivity index (χ1n) is 7.55. The zero-order valence-electron chi connectivity index (χ0n) is 14.1. The first-order valence-corrected chi connectivity index (χ1v) is 7.55. The van der Waals surface area contributed by atoms with E-state index in [1.165, 1.54) is 0 Å². The van der Waals surface area contributed by atoms with Crippen LogP contribution < -0.4 is 5.32 Å². The molecule has 0 radical (unpaired) electrons. The maximum atomic E-state index is 12.4. The molecule has 0 spiro atoms. The monoisotopic (exact) mass is 311 g/mol. The van der Waals surface area contributed by atoms with Crippen LogP contribution in [-0.4, -0.2) is 32.3 Å². The lowest BCUT2D eigenvalue weighted by atomic mass is 9.89. The number of carbonyl (C=O) groups excluding carboxylic acids is 1. The number of aromatic amines is 1. The molecule has 120 valence electrons. The van der Waals surface area contributed by atoms with E-state index in [0.717, 1.165) is 22.7 Å². The van der Waals surface area contributed by atoms with Crippen LogP contribution in [0, 0.1) is 5.41 Å². The molecule has 6 heteroatoms. The summed E-state index contributed by atoms with van der Waals surface area (Å²) in [5.74, 6) is 0.747. The maximum Gasteiger partial charge on any atom is 0.186 e. The second-order valence-electron chi connectivity index (χ2n) is 6.71. The molecule has 0 aliphatic heterocycles. The van der Waals surface area contributed by atoms with Gasteiger partial charge in [-0.1, -0.05) is 20.8 Å². The number of pyridine rings is 1. The van der Waals surface area contributed by atoms with E-state index < -0.39 is 5.41 Å². The van der Waals surface area contributed by atoms with Crippen molar-refractivity contribution >= 4 is 22.6 Å². The third kappa shape index (κ3) is 2.72. The molecule has 0 aliphatic rings. The van der Waals surface area contributed by atoms with Gasteiger partial charge in [0.2, 0.25) is 0 Å². The third-order valence-electron chi connectivity index (χ3n) is 3.80. The van der Waals surface area contributed by atoms with Crippen LogP contribution in [0.15, 0.2) is 24.4 Å². The van der Waals surface area contributed by atoms with Gasteiger partial charge in [-0.2, -0.15) is 0 Å². The quantitative estimate of drug-likeness (QED) is 0.728. The van der Waals surface area contributed by atoms with E-state index in [1.807, 2.05) is 57.8 Å². The van der Waals surface area contributed by atoms with Crippen molar-refractivity contribution in [2.24, 2.45) is 12.5 Å². The lowest BCUT2D eigenvalue weighted by Crippen LogP contribution is -2.21. The number of Topliss-reactive ketones (excluding diaryl/α,β-unsaturated/α-hetero) is 1. The molecule has 0 fully saturated rings. The minimum absolute atomic E-state index is 0.0142. The van der Waals surface area contributed by atoms with Crippen molar-refractivity contribution in [1.29, 1.82) is 0 Å². The van der Waals surface area contributed by atoms with E-state index >= 15 is 0 Å². The fourth-order valence-electron chi connectivity index (χ4n) is 2.46. The third-order valence-corrected chi connectivity index (χ3v) is 3.80. The van der Waals surface area contributed by atoms with E-state index in [4.69, 9.17) is 0 Å². The zero-order valence-corrected chi connectivity index (χ0v) is 14.1. The van der Waals surface area contributed by atoms with Gasteiger partial charge < -0.3 is 14.9 Å². The number of H-pyrrole nitrogens is 1. The number of anilines is 1. The molecule has 0 aromatic carbocycles. The summed E-state index contributed by atoms with van der Waals surface area (Å²) in [6.07, 6.45) is 1.99. The van der Waals surface area contributed by atoms with Gasteiger partial charge in [0.1, 0.15) is 5.69 Å². The van der Waals surface area contributed by atoms with E-state index in [9.17, 15) is 4.79 Å². The summed E-state index contributed by atoms with van der Waals surface area (Å²) in [5.41, 5.74) is 3.33. The van der Waals surface area contributed by atoms with Crippen LogP contribution in [-0.2, 0) is 7.05 Å². The largest absolute Gasteiger partial charge is 0.387 e. The molecule has 3 rings (SSSR count). The number of ketones is 1. The number of aryl methyl sites for hydroxylation is 1. The Morgan fingerprint density at radius 3 is 2.61 bits per heavy atom. The topological polar surface area (TPSA) is 75.6 Å². The van der Waals surface area contributed by atoms with E-state index in [-0.39, 0.29) is 5.78 Å². The van der Waals surface area contributed by atoms with Crippen LogP contribution in [0.4, 0.5) is 5.69 Å². The molecule has 0 aliphatic carbocycles. The van der Waals surface area contributed by atoms with Gasteiger partial charge in [-0.05, 0) is 18.2 Å². The van der Waals surface area contributed by atoms with E-state index in [0.29, 0.717) is 11.3 Å². The van der Waals surface area contributed by atoms with Crippen molar-refractivity contribution in [3.63, 3.8) is 0 Å². The first-order chi connectivity index (χ1) is 10.8. The maximum absolute atomic E-state index is 12.4. The van der Waals surface area contributed by atoms with Crippen LogP contribution >= 0.6 is 0 Å². The van der Waals surface area contributed by atoms with Gasteiger partial charge >= 0.3 is 0 Å². The Bertz CT molecular complexity index is 882. The molecule has 0 saturated carbocycles. The number of rotatable bonds is 3. The van der Waals surface area contributed by atoms with Gasteiger partial charge in [0.05, 0.1) is 16.9 Å². The number of carbonyl (C=O) groups is 1. The molecule has 6 nitrogen and oxygen atoms in total. The fourth-order valence-corrected chi connectivity index (χ4v) is 2.46. The van der Waals surface area contributed by atoms with Crippen molar-refractivity contribution < 1.29 is 4.79 Å². The Hall–Kier alpha value is -2.63. The number of nitrogens with zero attached hydrogens (tertiary/aromatic N) is 3. The average molecular weight is 311 g/mol. The second-order valence-corrected chi connectivity index (χ2v) is 6.71. The predicted molar refractivity (Wildman–Crippen MR) is 91.6 cm³/mol. The Balaban J connectivity index is 2.05. The fraction of sp³-hybridized carbons (Fsp3) is 0.353. The summed E-state index contributed by atoms with van der Waals surface area (Å²) in [5, 5.41) is 3.11. The molecule has 0 amide bonds. The van der Waals surface area contributed by atoms with Gasteiger partial charge in [-0.25, -0.2) is 9.97 Å². The second kappa shape index (κ2) is 5.22. The molecule has 0 saturated heterocycles. The van der Waals surface area contributed by atoms with Gasteiger partial charge in [0.15, 0.2) is 17.3 Å². The molecule has 0 bridgehead atoms. The molecular formula is C17H21N5O. The van der Waals surface area contributed by atoms with E-state index in [1.54, 1.807) is 6.07 Å². The van der Waals surface area contributed by atoms with Crippen LogP contribution in [0.2, 0.25) is 0 Å². The van der Waals surface area contributed by atoms with Crippen LogP contribution in [0.1, 0.15) is 31.3 Å². The van der Waals surface area contributed by atoms with Crippen molar-refractivity contribution in [3.8, 4) is 11.5 Å². The smallest absolute Gasteiger partial charge is 0.186 e. The number of hydrogen-bond donors (Lipinski definition) is 2. The minimum Gasteiger partial charge on any atom is -0.387 e. The number of hydrogen-bond acceptors (Lipinski definition) is 4. The molecule has 2 N–H and O–H groups in total. The van der Waals surface area contributed by atoms with Gasteiger partial charge in [-0.3, -0.25) is 4.79 Å². The van der Waals surface area contributed by atoms with Crippen LogP contribution in [0.3, 0.4) is 0 Å². The molecule has 23 heavy (non-hydrogen) atoms. The first kappa shape index (κ1) is 15.3. The number of fused-ring (bicyclic) bond motifs is 1. The Morgan fingerprint density at radius 1 is 1.26 bits per heavy atom. The molecule has 3 aromatic heterocycles.